The molecule has 3 heterocycles. The molecule has 1 saturated heterocycles. The van der Waals surface area contributed by atoms with E-state index in [2.05, 4.69) is 33.9 Å². The smallest absolute Gasteiger partial charge is 0.243 e. The van der Waals surface area contributed by atoms with Crippen LogP contribution in [-0.2, 0) is 19.2 Å². The number of rotatable bonds is 7. The monoisotopic (exact) mass is 616 g/mol. The molecule has 220 valence electrons. The Morgan fingerprint density at radius 3 is 2.49 bits per heavy atom. The third kappa shape index (κ3) is 5.63. The Bertz CT molecular complexity index is 1690. The van der Waals surface area contributed by atoms with E-state index >= 15 is 0 Å². The van der Waals surface area contributed by atoms with Gasteiger partial charge in [-0.15, -0.1) is 0 Å². The van der Waals surface area contributed by atoms with E-state index in [1.807, 2.05) is 25.1 Å². The van der Waals surface area contributed by atoms with Crippen LogP contribution < -0.4 is 4.74 Å². The molecule has 2 atom stereocenters. The minimum atomic E-state index is -3.81. The van der Waals surface area contributed by atoms with E-state index in [9.17, 15) is 8.42 Å². The number of aryl methyl sites for hydroxylation is 1. The summed E-state index contributed by atoms with van der Waals surface area (Å²) in [5.41, 5.74) is 1.87. The molecule has 0 unspecified atom stereocenters. The van der Waals surface area contributed by atoms with Crippen LogP contribution in [0.2, 0.25) is 23.2 Å². The van der Waals surface area contributed by atoms with Gasteiger partial charge < -0.3 is 13.9 Å². The summed E-state index contributed by atoms with van der Waals surface area (Å²) >= 11 is 6.90. The Morgan fingerprint density at radius 1 is 1.12 bits per heavy atom. The predicted octanol–water partition coefficient (Wildman–Crippen LogP) is 6.17. The Morgan fingerprint density at radius 2 is 1.83 bits per heavy atom. The van der Waals surface area contributed by atoms with Gasteiger partial charge in [0.2, 0.25) is 10.0 Å². The highest BCUT2D eigenvalue weighted by atomic mass is 35.5. The fourth-order valence-corrected chi connectivity index (χ4v) is 7.62. The first-order chi connectivity index (χ1) is 19.2. The van der Waals surface area contributed by atoms with Crippen LogP contribution in [0.1, 0.15) is 32.7 Å². The average molecular weight is 617 g/mol. The highest BCUT2D eigenvalue weighted by Crippen LogP contribution is 2.38. The molecule has 0 saturated carbocycles. The molecule has 12 heteroatoms. The maximum atomic E-state index is 13.8. The quantitative estimate of drug-likeness (QED) is 0.229. The minimum absolute atomic E-state index is 0.00340. The number of morpholine rings is 1. The van der Waals surface area contributed by atoms with Crippen molar-refractivity contribution in [2.75, 3.05) is 26.8 Å². The maximum absolute atomic E-state index is 13.8. The standard InChI is InChI=1S/C29H37ClN4O5SSi/c1-19-26-27(30)23-15-20(37-5)13-14-24(23)31-28(26)34(32-19)25-17-33(40(35,36)22-11-9-8-10-12-22)16-21(39-25)18-38-41(6,7)29(2,3)4/h8-15,21,25H,16-18H2,1-7H3/t21-,25+/m0/s1. The van der Waals surface area contributed by atoms with E-state index in [1.54, 1.807) is 42.1 Å². The lowest BCUT2D eigenvalue weighted by Gasteiger charge is -2.41. The molecule has 0 bridgehead atoms. The van der Waals surface area contributed by atoms with Gasteiger partial charge in [-0.25, -0.2) is 18.1 Å². The number of hydrogen-bond acceptors (Lipinski definition) is 7. The first kappa shape index (κ1) is 29.9. The normalized spacial score (nSPS) is 19.2. The van der Waals surface area contributed by atoms with E-state index in [0.717, 1.165) is 5.39 Å². The molecular weight excluding hydrogens is 580 g/mol. The number of aromatic nitrogens is 3. The van der Waals surface area contributed by atoms with Crippen molar-refractivity contribution >= 4 is 51.9 Å². The van der Waals surface area contributed by atoms with Crippen LogP contribution in [0.25, 0.3) is 21.9 Å². The molecule has 0 N–H and O–H groups in total. The minimum Gasteiger partial charge on any atom is -0.497 e. The Kier molecular flexibility index (Phi) is 7.99. The average Bonchev–Trinajstić information content (AvgIpc) is 3.27. The predicted molar refractivity (Wildman–Crippen MR) is 164 cm³/mol. The van der Waals surface area contributed by atoms with Gasteiger partial charge in [0, 0.05) is 11.9 Å². The number of hydrogen-bond donors (Lipinski definition) is 0. The fourth-order valence-electron chi connectivity index (χ4n) is 4.73. The van der Waals surface area contributed by atoms with Gasteiger partial charge >= 0.3 is 0 Å². The van der Waals surface area contributed by atoms with E-state index in [0.29, 0.717) is 33.0 Å². The summed E-state index contributed by atoms with van der Waals surface area (Å²) in [5, 5.41) is 6.72. The lowest BCUT2D eigenvalue weighted by atomic mass is 10.1. The van der Waals surface area contributed by atoms with Crippen molar-refractivity contribution < 1.29 is 22.3 Å². The lowest BCUT2D eigenvalue weighted by Crippen LogP contribution is -2.51. The van der Waals surface area contributed by atoms with Crippen molar-refractivity contribution in [1.82, 2.24) is 19.1 Å². The Labute approximate surface area is 247 Å². The van der Waals surface area contributed by atoms with Crippen molar-refractivity contribution in [3.05, 3.63) is 59.2 Å². The molecule has 5 rings (SSSR count). The summed E-state index contributed by atoms with van der Waals surface area (Å²) in [4.78, 5) is 5.11. The first-order valence-electron chi connectivity index (χ1n) is 13.6. The van der Waals surface area contributed by atoms with Crippen molar-refractivity contribution in [2.24, 2.45) is 0 Å². The van der Waals surface area contributed by atoms with Gasteiger partial charge in [-0.2, -0.15) is 9.40 Å². The van der Waals surface area contributed by atoms with Gasteiger partial charge in [-0.05, 0) is 55.4 Å². The van der Waals surface area contributed by atoms with Gasteiger partial charge in [0.05, 0.1) is 52.9 Å². The number of methoxy groups -OCH3 is 1. The number of pyridine rings is 1. The van der Waals surface area contributed by atoms with Gasteiger partial charge in [0.1, 0.15) is 5.75 Å². The van der Waals surface area contributed by atoms with Crippen LogP contribution in [0.15, 0.2) is 53.4 Å². The van der Waals surface area contributed by atoms with E-state index in [-0.39, 0.29) is 29.6 Å². The summed E-state index contributed by atoms with van der Waals surface area (Å²) in [6.45, 7) is 13.2. The Balaban J connectivity index is 1.57. The maximum Gasteiger partial charge on any atom is 0.243 e. The van der Waals surface area contributed by atoms with Gasteiger partial charge in [0.25, 0.3) is 0 Å². The van der Waals surface area contributed by atoms with Gasteiger partial charge in [-0.1, -0.05) is 50.6 Å². The van der Waals surface area contributed by atoms with Crippen LogP contribution in [0.4, 0.5) is 0 Å². The third-order valence-corrected chi connectivity index (χ3v) is 14.9. The number of nitrogens with zero attached hydrogens (tertiary/aromatic N) is 4. The SMILES string of the molecule is COc1ccc2nc3c(c(C)nn3[C@H]3CN(S(=O)(=O)c4ccccc4)C[C@@H](CO[Si](C)(C)C(C)(C)C)O3)c(Cl)c2c1. The molecule has 4 aromatic rings. The largest absolute Gasteiger partial charge is 0.497 e. The zero-order valence-electron chi connectivity index (χ0n) is 24.5. The Hall–Kier alpha value is -2.54. The number of ether oxygens (including phenoxy) is 2. The van der Waals surface area contributed by atoms with Crippen LogP contribution >= 0.6 is 11.6 Å². The molecule has 1 fully saturated rings. The first-order valence-corrected chi connectivity index (χ1v) is 18.3. The second-order valence-corrected chi connectivity index (χ2v) is 19.1. The third-order valence-electron chi connectivity index (χ3n) is 8.15. The van der Waals surface area contributed by atoms with Gasteiger partial charge in [0.15, 0.2) is 20.2 Å². The summed E-state index contributed by atoms with van der Waals surface area (Å²) in [6.07, 6.45) is -1.26. The molecule has 1 aliphatic rings. The summed E-state index contributed by atoms with van der Waals surface area (Å²) in [5.74, 6) is 0.674. The highest BCUT2D eigenvalue weighted by Gasteiger charge is 2.41. The molecule has 9 nitrogen and oxygen atoms in total. The van der Waals surface area contributed by atoms with Gasteiger partial charge in [-0.3, -0.25) is 0 Å². The molecular formula is C29H37ClN4O5SSi. The van der Waals surface area contributed by atoms with Crippen LogP contribution in [0.3, 0.4) is 0 Å². The summed E-state index contributed by atoms with van der Waals surface area (Å²) in [6, 6.07) is 14.0. The molecule has 0 amide bonds. The molecule has 1 aliphatic heterocycles. The van der Waals surface area contributed by atoms with E-state index < -0.39 is 30.7 Å². The fraction of sp³-hybridized carbons (Fsp3) is 0.448. The zero-order valence-corrected chi connectivity index (χ0v) is 27.1. The van der Waals surface area contributed by atoms with E-state index in [4.69, 9.17) is 35.6 Å². The topological polar surface area (TPSA) is 95.8 Å². The molecule has 41 heavy (non-hydrogen) atoms. The van der Waals surface area contributed by atoms with Crippen molar-refractivity contribution in [3.63, 3.8) is 0 Å². The second kappa shape index (κ2) is 10.9. The second-order valence-electron chi connectivity index (χ2n) is 12.0. The van der Waals surface area contributed by atoms with Crippen LogP contribution in [0, 0.1) is 6.92 Å². The van der Waals surface area contributed by atoms with Crippen molar-refractivity contribution in [3.8, 4) is 5.75 Å². The summed E-state index contributed by atoms with van der Waals surface area (Å²) in [7, 11) is -4.32. The molecule has 2 aromatic heterocycles. The van der Waals surface area contributed by atoms with Crippen molar-refractivity contribution in [2.45, 2.75) is 63.1 Å². The number of benzene rings is 2. The highest BCUT2D eigenvalue weighted by molar-refractivity contribution is 7.89. The lowest BCUT2D eigenvalue weighted by molar-refractivity contribution is -0.118. The molecule has 0 aliphatic carbocycles. The number of fused-ring (bicyclic) bond motifs is 2. The van der Waals surface area contributed by atoms with Crippen molar-refractivity contribution in [1.29, 1.82) is 0 Å². The van der Waals surface area contributed by atoms with Crippen LogP contribution in [0.5, 0.6) is 5.75 Å². The zero-order chi connectivity index (χ0) is 29.7. The number of sulfonamides is 1. The molecule has 0 radical (unpaired) electrons. The summed E-state index contributed by atoms with van der Waals surface area (Å²) < 4.78 is 49.1. The molecule has 2 aromatic carbocycles. The van der Waals surface area contributed by atoms with E-state index in [1.165, 1.54) is 4.31 Å². The molecule has 0 spiro atoms. The number of halogens is 1. The van der Waals surface area contributed by atoms with Crippen LogP contribution in [-0.4, -0.2) is 68.7 Å².